The Morgan fingerprint density at radius 1 is 1.28 bits per heavy atom. The van der Waals surface area contributed by atoms with E-state index in [2.05, 4.69) is 6.58 Å². The van der Waals surface area contributed by atoms with Crippen LogP contribution in [0.3, 0.4) is 0 Å². The first-order valence-electron chi connectivity index (χ1n) is 8.40. The molecule has 1 aliphatic heterocycles. The van der Waals surface area contributed by atoms with E-state index in [0.29, 0.717) is 5.69 Å². The van der Waals surface area contributed by atoms with Crippen LogP contribution < -0.4 is 4.90 Å². The van der Waals surface area contributed by atoms with E-state index >= 15 is 0 Å². The largest absolute Gasteiger partial charge is 0.465 e. The number of hydrogen-bond donors (Lipinski definition) is 1. The molecule has 0 bridgehead atoms. The summed E-state index contributed by atoms with van der Waals surface area (Å²) in [7, 11) is 0. The molecule has 1 aromatic rings. The number of carboxylic acid groups (broad SMARTS) is 1. The third kappa shape index (κ3) is 2.92. The van der Waals surface area contributed by atoms with Crippen molar-refractivity contribution in [2.45, 2.75) is 52.0 Å². The van der Waals surface area contributed by atoms with Crippen molar-refractivity contribution in [1.82, 2.24) is 0 Å². The summed E-state index contributed by atoms with van der Waals surface area (Å²) in [4.78, 5) is 26.5. The second-order valence-corrected chi connectivity index (χ2v) is 8.25. The zero-order valence-corrected chi connectivity index (χ0v) is 15.6. The van der Waals surface area contributed by atoms with Crippen molar-refractivity contribution in [3.63, 3.8) is 0 Å². The maximum absolute atomic E-state index is 13.2. The highest BCUT2D eigenvalue weighted by Gasteiger charge is 2.64. The van der Waals surface area contributed by atoms with Gasteiger partial charge in [0.1, 0.15) is 0 Å². The van der Waals surface area contributed by atoms with Gasteiger partial charge in [0.2, 0.25) is 0 Å². The van der Waals surface area contributed by atoms with Crippen molar-refractivity contribution >= 4 is 17.7 Å². The van der Waals surface area contributed by atoms with Gasteiger partial charge in [-0.25, -0.2) is 9.59 Å². The molecule has 5 heteroatoms. The summed E-state index contributed by atoms with van der Waals surface area (Å²) < 4.78 is 5.60. The monoisotopic (exact) mass is 345 g/mol. The molecule has 0 saturated carbocycles. The van der Waals surface area contributed by atoms with Crippen LogP contribution >= 0.6 is 0 Å². The molecule has 0 spiro atoms. The standard InChI is InChI=1S/C20H27NO4/c1-7-12-20(16(22)25-13-18(2,3)4)19(5,6)14-10-8-9-11-15(14)21(20)17(23)24/h7-11H,1,12-13H2,2-6H3,(H,23,24). The molecule has 136 valence electrons. The van der Waals surface area contributed by atoms with E-state index in [4.69, 9.17) is 4.74 Å². The van der Waals surface area contributed by atoms with Crippen molar-refractivity contribution < 1.29 is 19.4 Å². The summed E-state index contributed by atoms with van der Waals surface area (Å²) >= 11 is 0. The molecular formula is C20H27NO4. The van der Waals surface area contributed by atoms with Gasteiger partial charge in [-0.3, -0.25) is 4.90 Å². The number of carbonyl (C=O) groups is 2. The van der Waals surface area contributed by atoms with Crippen molar-refractivity contribution in [3.05, 3.63) is 42.5 Å². The van der Waals surface area contributed by atoms with Gasteiger partial charge in [-0.05, 0) is 17.0 Å². The molecule has 0 radical (unpaired) electrons. The van der Waals surface area contributed by atoms with Crippen LogP contribution in [0.5, 0.6) is 0 Å². The molecule has 1 heterocycles. The number of anilines is 1. The highest BCUT2D eigenvalue weighted by Crippen LogP contribution is 2.54. The molecule has 2 rings (SSSR count). The van der Waals surface area contributed by atoms with E-state index < -0.39 is 23.0 Å². The maximum atomic E-state index is 13.2. The fourth-order valence-electron chi connectivity index (χ4n) is 3.56. The Labute approximate surface area is 149 Å². The number of ether oxygens (including phenoxy) is 1. The molecular weight excluding hydrogens is 318 g/mol. The van der Waals surface area contributed by atoms with Crippen LogP contribution in [0.4, 0.5) is 10.5 Å². The predicted molar refractivity (Wildman–Crippen MR) is 97.9 cm³/mol. The van der Waals surface area contributed by atoms with E-state index in [1.54, 1.807) is 18.2 Å². The van der Waals surface area contributed by atoms with Gasteiger partial charge in [0.05, 0.1) is 12.3 Å². The molecule has 1 N–H and O–H groups in total. The van der Waals surface area contributed by atoms with Crippen molar-refractivity contribution in [2.75, 3.05) is 11.5 Å². The fraction of sp³-hybridized carbons (Fsp3) is 0.500. The van der Waals surface area contributed by atoms with Gasteiger partial charge in [-0.15, -0.1) is 6.58 Å². The molecule has 1 aromatic carbocycles. The van der Waals surface area contributed by atoms with Gasteiger partial charge in [-0.2, -0.15) is 0 Å². The van der Waals surface area contributed by atoms with Crippen LogP contribution in [-0.2, 0) is 14.9 Å². The van der Waals surface area contributed by atoms with Gasteiger partial charge in [-0.1, -0.05) is 58.9 Å². The molecule has 1 amide bonds. The third-order valence-corrected chi connectivity index (χ3v) is 4.84. The summed E-state index contributed by atoms with van der Waals surface area (Å²) in [5, 5.41) is 9.92. The zero-order chi connectivity index (χ0) is 19.0. The SMILES string of the molecule is C=CCC1(C(=O)OCC(C)(C)C)N(C(=O)O)c2ccccc2C1(C)C. The van der Waals surface area contributed by atoms with Gasteiger partial charge >= 0.3 is 12.1 Å². The maximum Gasteiger partial charge on any atom is 0.412 e. The molecule has 0 saturated heterocycles. The second-order valence-electron chi connectivity index (χ2n) is 8.25. The lowest BCUT2D eigenvalue weighted by Crippen LogP contribution is -2.63. The number of rotatable bonds is 4. The highest BCUT2D eigenvalue weighted by molar-refractivity contribution is 6.03. The van der Waals surface area contributed by atoms with E-state index in [1.807, 2.05) is 46.8 Å². The average molecular weight is 345 g/mol. The van der Waals surface area contributed by atoms with E-state index in [1.165, 1.54) is 0 Å². The van der Waals surface area contributed by atoms with Crippen LogP contribution in [0.15, 0.2) is 36.9 Å². The Morgan fingerprint density at radius 3 is 2.40 bits per heavy atom. The zero-order valence-electron chi connectivity index (χ0n) is 15.6. The van der Waals surface area contributed by atoms with Crippen LogP contribution in [0.25, 0.3) is 0 Å². The van der Waals surface area contributed by atoms with Crippen LogP contribution in [0.1, 0.15) is 46.6 Å². The fourth-order valence-corrected chi connectivity index (χ4v) is 3.56. The second kappa shape index (κ2) is 6.21. The summed E-state index contributed by atoms with van der Waals surface area (Å²) in [6.07, 6.45) is 0.582. The summed E-state index contributed by atoms with van der Waals surface area (Å²) in [6, 6.07) is 7.22. The molecule has 5 nitrogen and oxygen atoms in total. The van der Waals surface area contributed by atoms with Gasteiger partial charge in [0, 0.05) is 11.8 Å². The lowest BCUT2D eigenvalue weighted by atomic mass is 9.68. The number of fused-ring (bicyclic) bond motifs is 1. The minimum atomic E-state index is -1.38. The Kier molecular flexibility index (Phi) is 4.73. The molecule has 1 unspecified atom stereocenters. The average Bonchev–Trinajstić information content (AvgIpc) is 2.70. The summed E-state index contributed by atoms with van der Waals surface area (Å²) in [6.45, 7) is 13.6. The van der Waals surface area contributed by atoms with E-state index in [0.717, 1.165) is 10.5 Å². The Morgan fingerprint density at radius 2 is 1.88 bits per heavy atom. The first-order chi connectivity index (χ1) is 11.5. The predicted octanol–water partition coefficient (Wildman–Crippen LogP) is 4.37. The lowest BCUT2D eigenvalue weighted by Gasteiger charge is -2.43. The number of para-hydroxylation sites is 1. The van der Waals surface area contributed by atoms with Crippen molar-refractivity contribution in [1.29, 1.82) is 0 Å². The number of nitrogens with zero attached hydrogens (tertiary/aromatic N) is 1. The molecule has 25 heavy (non-hydrogen) atoms. The molecule has 1 atom stereocenters. The Hall–Kier alpha value is -2.30. The lowest BCUT2D eigenvalue weighted by molar-refractivity contribution is -0.155. The first-order valence-corrected chi connectivity index (χ1v) is 8.40. The Balaban J connectivity index is 2.63. The van der Waals surface area contributed by atoms with Gasteiger partial charge in [0.25, 0.3) is 0 Å². The minimum absolute atomic E-state index is 0.171. The molecule has 0 aromatic heterocycles. The number of benzene rings is 1. The van der Waals surface area contributed by atoms with Gasteiger partial charge < -0.3 is 9.84 Å². The molecule has 1 aliphatic rings. The number of amides is 1. The summed E-state index contributed by atoms with van der Waals surface area (Å²) in [5.41, 5.74) is -1.02. The first kappa shape index (κ1) is 19.0. The number of hydrogen-bond acceptors (Lipinski definition) is 3. The van der Waals surface area contributed by atoms with Crippen LogP contribution in [0, 0.1) is 5.41 Å². The van der Waals surface area contributed by atoms with Crippen LogP contribution in [-0.4, -0.2) is 29.3 Å². The number of esters is 1. The summed E-state index contributed by atoms with van der Waals surface area (Å²) in [5.74, 6) is -0.536. The van der Waals surface area contributed by atoms with Gasteiger partial charge in [0.15, 0.2) is 5.54 Å². The van der Waals surface area contributed by atoms with Crippen molar-refractivity contribution in [3.8, 4) is 0 Å². The normalized spacial score (nSPS) is 21.6. The highest BCUT2D eigenvalue weighted by atomic mass is 16.5. The molecule has 0 aliphatic carbocycles. The van der Waals surface area contributed by atoms with E-state index in [-0.39, 0.29) is 18.4 Å². The quantitative estimate of drug-likeness (QED) is 0.650. The van der Waals surface area contributed by atoms with Crippen molar-refractivity contribution in [2.24, 2.45) is 5.41 Å². The Bertz CT molecular complexity index is 702. The molecule has 0 fully saturated rings. The van der Waals surface area contributed by atoms with Crippen LogP contribution in [0.2, 0.25) is 0 Å². The number of carbonyl (C=O) groups excluding carboxylic acids is 1. The minimum Gasteiger partial charge on any atom is -0.465 e. The topological polar surface area (TPSA) is 66.8 Å². The van der Waals surface area contributed by atoms with E-state index in [9.17, 15) is 14.7 Å². The third-order valence-electron chi connectivity index (χ3n) is 4.84. The smallest absolute Gasteiger partial charge is 0.412 e.